The van der Waals surface area contributed by atoms with Crippen molar-refractivity contribution in [2.24, 2.45) is 0 Å². The first kappa shape index (κ1) is 13.4. The zero-order valence-electron chi connectivity index (χ0n) is 11.6. The number of nitrogens with one attached hydrogen (secondary N) is 2. The summed E-state index contributed by atoms with van der Waals surface area (Å²) in [6.07, 6.45) is 7.70. The molecule has 2 aliphatic carbocycles. The Morgan fingerprint density at radius 3 is 2.35 bits per heavy atom. The molecule has 2 N–H and O–H groups in total. The van der Waals surface area contributed by atoms with Gasteiger partial charge in [-0.05, 0) is 43.4 Å². The van der Waals surface area contributed by atoms with Crippen LogP contribution in [0.2, 0.25) is 0 Å². The first-order chi connectivity index (χ1) is 9.68. The topological polar surface area (TPSA) is 41.1 Å². The highest BCUT2D eigenvalue weighted by atomic mass is 19.1. The lowest BCUT2D eigenvalue weighted by atomic mass is 9.96. The number of hydrogen-bond acceptors (Lipinski definition) is 1. The summed E-state index contributed by atoms with van der Waals surface area (Å²) in [5.41, 5.74) is 0.726. The predicted molar refractivity (Wildman–Crippen MR) is 75.9 cm³/mol. The number of rotatable bonds is 3. The highest BCUT2D eigenvalue weighted by molar-refractivity contribution is 5.76. The first-order valence-corrected chi connectivity index (χ1v) is 7.53. The van der Waals surface area contributed by atoms with Crippen LogP contribution in [0.25, 0.3) is 0 Å². The summed E-state index contributed by atoms with van der Waals surface area (Å²) in [5.74, 6) is -0.240. The van der Waals surface area contributed by atoms with Crippen molar-refractivity contribution in [2.75, 3.05) is 0 Å². The molecule has 2 saturated carbocycles. The fourth-order valence-electron chi connectivity index (χ4n) is 3.07. The Morgan fingerprint density at radius 2 is 1.75 bits per heavy atom. The van der Waals surface area contributed by atoms with Crippen molar-refractivity contribution in [3.05, 3.63) is 35.6 Å². The van der Waals surface area contributed by atoms with Crippen LogP contribution in [0.15, 0.2) is 24.3 Å². The summed E-state index contributed by atoms with van der Waals surface area (Å²) in [6, 6.07) is 6.67. The van der Waals surface area contributed by atoms with Crippen LogP contribution in [-0.2, 0) is 5.54 Å². The Balaban J connectivity index is 1.59. The van der Waals surface area contributed by atoms with Gasteiger partial charge in [0, 0.05) is 6.04 Å². The molecular formula is C16H21FN2O. The van der Waals surface area contributed by atoms with Crippen LogP contribution in [0.1, 0.15) is 50.5 Å². The van der Waals surface area contributed by atoms with Gasteiger partial charge < -0.3 is 10.6 Å². The van der Waals surface area contributed by atoms with Gasteiger partial charge in [-0.3, -0.25) is 0 Å². The van der Waals surface area contributed by atoms with Crippen molar-refractivity contribution < 1.29 is 9.18 Å². The zero-order chi connectivity index (χ0) is 14.0. The lowest BCUT2D eigenvalue weighted by molar-refractivity contribution is 0.227. The molecule has 0 bridgehead atoms. The van der Waals surface area contributed by atoms with Crippen molar-refractivity contribution in [1.82, 2.24) is 10.6 Å². The van der Waals surface area contributed by atoms with E-state index >= 15 is 0 Å². The van der Waals surface area contributed by atoms with E-state index in [2.05, 4.69) is 10.6 Å². The van der Waals surface area contributed by atoms with Gasteiger partial charge in [0.05, 0.1) is 5.54 Å². The molecule has 1 aromatic carbocycles. The Kier molecular flexibility index (Phi) is 3.64. The number of carbonyl (C=O) groups is 1. The fraction of sp³-hybridized carbons (Fsp3) is 0.562. The summed E-state index contributed by atoms with van der Waals surface area (Å²) in [5, 5.41) is 6.15. The Morgan fingerprint density at radius 1 is 1.10 bits per heavy atom. The normalized spacial score (nSPS) is 21.2. The number of carbonyl (C=O) groups excluding carboxylic acids is 1. The van der Waals surface area contributed by atoms with Crippen LogP contribution in [0.3, 0.4) is 0 Å². The molecular weight excluding hydrogens is 255 g/mol. The third-order valence-corrected chi connectivity index (χ3v) is 4.44. The van der Waals surface area contributed by atoms with E-state index in [9.17, 15) is 9.18 Å². The van der Waals surface area contributed by atoms with Crippen LogP contribution in [-0.4, -0.2) is 12.1 Å². The van der Waals surface area contributed by atoms with Crippen molar-refractivity contribution in [2.45, 2.75) is 56.5 Å². The van der Waals surface area contributed by atoms with Gasteiger partial charge >= 0.3 is 6.03 Å². The maximum atomic E-state index is 13.0. The Labute approximate surface area is 118 Å². The van der Waals surface area contributed by atoms with Crippen molar-refractivity contribution in [1.29, 1.82) is 0 Å². The third kappa shape index (κ3) is 2.94. The second-order valence-electron chi connectivity index (χ2n) is 6.02. The Hall–Kier alpha value is -1.58. The molecule has 108 valence electrons. The minimum Gasteiger partial charge on any atom is -0.335 e. The molecule has 0 unspecified atom stereocenters. The first-order valence-electron chi connectivity index (χ1n) is 7.53. The van der Waals surface area contributed by atoms with Gasteiger partial charge in [0.25, 0.3) is 0 Å². The third-order valence-electron chi connectivity index (χ3n) is 4.44. The molecule has 0 aliphatic heterocycles. The average Bonchev–Trinajstić information content (AvgIpc) is 3.21. The van der Waals surface area contributed by atoms with Gasteiger partial charge in [-0.2, -0.15) is 0 Å². The van der Waals surface area contributed by atoms with E-state index < -0.39 is 0 Å². The quantitative estimate of drug-likeness (QED) is 0.872. The highest BCUT2D eigenvalue weighted by Gasteiger charge is 2.45. The lowest BCUT2D eigenvalue weighted by Gasteiger charge is -2.25. The van der Waals surface area contributed by atoms with E-state index in [-0.39, 0.29) is 17.4 Å². The molecule has 1 aromatic rings. The van der Waals surface area contributed by atoms with E-state index in [1.54, 1.807) is 12.1 Å². The van der Waals surface area contributed by atoms with E-state index in [4.69, 9.17) is 0 Å². The number of halogens is 1. The van der Waals surface area contributed by atoms with Crippen LogP contribution < -0.4 is 10.6 Å². The van der Waals surface area contributed by atoms with E-state index in [1.165, 1.54) is 31.4 Å². The molecule has 20 heavy (non-hydrogen) atoms. The van der Waals surface area contributed by atoms with Crippen molar-refractivity contribution >= 4 is 6.03 Å². The average molecular weight is 276 g/mol. The van der Waals surface area contributed by atoms with Gasteiger partial charge in [-0.25, -0.2) is 9.18 Å². The number of amides is 2. The van der Waals surface area contributed by atoms with Gasteiger partial charge in [0.1, 0.15) is 5.82 Å². The summed E-state index contributed by atoms with van der Waals surface area (Å²) in [6.45, 7) is 0. The predicted octanol–water partition coefficient (Wildman–Crippen LogP) is 3.45. The van der Waals surface area contributed by atoms with E-state index in [0.717, 1.165) is 31.2 Å². The lowest BCUT2D eigenvalue weighted by Crippen LogP contribution is -2.46. The molecule has 0 radical (unpaired) electrons. The molecule has 3 nitrogen and oxygen atoms in total. The molecule has 2 amide bonds. The SMILES string of the molecule is O=C(NC1CCCCC1)NC1(c2ccc(F)cc2)CC1. The van der Waals surface area contributed by atoms with Gasteiger partial charge in [0.15, 0.2) is 0 Å². The zero-order valence-corrected chi connectivity index (χ0v) is 11.6. The Bertz CT molecular complexity index is 476. The molecule has 0 heterocycles. The maximum absolute atomic E-state index is 13.0. The molecule has 0 atom stereocenters. The maximum Gasteiger partial charge on any atom is 0.315 e. The molecule has 0 spiro atoms. The van der Waals surface area contributed by atoms with E-state index in [0.29, 0.717) is 6.04 Å². The summed E-state index contributed by atoms with van der Waals surface area (Å²) >= 11 is 0. The largest absolute Gasteiger partial charge is 0.335 e. The van der Waals surface area contributed by atoms with Crippen LogP contribution in [0, 0.1) is 5.82 Å². The summed E-state index contributed by atoms with van der Waals surface area (Å²) in [4.78, 5) is 12.1. The van der Waals surface area contributed by atoms with Crippen molar-refractivity contribution in [3.63, 3.8) is 0 Å². The molecule has 4 heteroatoms. The monoisotopic (exact) mass is 276 g/mol. The second-order valence-corrected chi connectivity index (χ2v) is 6.02. The van der Waals surface area contributed by atoms with Crippen LogP contribution >= 0.6 is 0 Å². The van der Waals surface area contributed by atoms with Crippen molar-refractivity contribution in [3.8, 4) is 0 Å². The van der Waals surface area contributed by atoms with Gasteiger partial charge in [-0.15, -0.1) is 0 Å². The second kappa shape index (κ2) is 5.43. The standard InChI is InChI=1S/C16H21FN2O/c17-13-8-6-12(7-9-13)16(10-11-16)19-15(20)18-14-4-2-1-3-5-14/h6-9,14H,1-5,10-11H2,(H2,18,19,20). The molecule has 3 rings (SSSR count). The number of hydrogen-bond donors (Lipinski definition) is 2. The molecule has 2 fully saturated rings. The number of benzene rings is 1. The number of urea groups is 1. The van der Waals surface area contributed by atoms with Gasteiger partial charge in [-0.1, -0.05) is 31.4 Å². The summed E-state index contributed by atoms with van der Waals surface area (Å²) < 4.78 is 13.0. The molecule has 0 aromatic heterocycles. The minimum absolute atomic E-state index is 0.0845. The summed E-state index contributed by atoms with van der Waals surface area (Å²) in [7, 11) is 0. The van der Waals surface area contributed by atoms with Crippen LogP contribution in [0.4, 0.5) is 9.18 Å². The smallest absolute Gasteiger partial charge is 0.315 e. The van der Waals surface area contributed by atoms with E-state index in [1.807, 2.05) is 0 Å². The molecule has 2 aliphatic rings. The highest BCUT2D eigenvalue weighted by Crippen LogP contribution is 2.45. The van der Waals surface area contributed by atoms with Crippen LogP contribution in [0.5, 0.6) is 0 Å². The fourth-order valence-corrected chi connectivity index (χ4v) is 3.07. The van der Waals surface area contributed by atoms with Gasteiger partial charge in [0.2, 0.25) is 0 Å². The minimum atomic E-state index is -0.271. The molecule has 0 saturated heterocycles.